The van der Waals surface area contributed by atoms with Crippen LogP contribution in [0.4, 0.5) is 5.69 Å². The zero-order valence-corrected chi connectivity index (χ0v) is 11.0. The standard InChI is InChI=1S/C11H14INS/c12-9-1-3-10(4-2-9)13-11-5-7-14-8-6-11/h1-4,11,13H,5-8H2. The van der Waals surface area contributed by atoms with Gasteiger partial charge in [-0.2, -0.15) is 11.8 Å². The SMILES string of the molecule is Ic1ccc(NC2CCSCC2)cc1. The summed E-state index contributed by atoms with van der Waals surface area (Å²) >= 11 is 4.41. The van der Waals surface area contributed by atoms with Crippen molar-refractivity contribution in [3.05, 3.63) is 27.8 Å². The predicted octanol–water partition coefficient (Wildman–Crippen LogP) is 3.60. The number of hydrogen-bond donors (Lipinski definition) is 1. The maximum atomic E-state index is 3.59. The van der Waals surface area contributed by atoms with Crippen molar-refractivity contribution in [2.24, 2.45) is 0 Å². The Morgan fingerprint density at radius 2 is 1.79 bits per heavy atom. The average Bonchev–Trinajstić information content (AvgIpc) is 2.23. The van der Waals surface area contributed by atoms with Gasteiger partial charge >= 0.3 is 0 Å². The quantitative estimate of drug-likeness (QED) is 0.836. The molecule has 0 bridgehead atoms. The monoisotopic (exact) mass is 319 g/mol. The topological polar surface area (TPSA) is 12.0 Å². The van der Waals surface area contributed by atoms with Crippen LogP contribution in [0.5, 0.6) is 0 Å². The fraction of sp³-hybridized carbons (Fsp3) is 0.455. The summed E-state index contributed by atoms with van der Waals surface area (Å²) in [7, 11) is 0. The molecule has 1 aliphatic rings. The molecule has 1 saturated heterocycles. The second-order valence-corrected chi connectivity index (χ2v) is 6.01. The fourth-order valence-electron chi connectivity index (χ4n) is 1.62. The van der Waals surface area contributed by atoms with Crippen molar-refractivity contribution < 1.29 is 0 Å². The minimum absolute atomic E-state index is 0.691. The van der Waals surface area contributed by atoms with Crippen molar-refractivity contribution >= 4 is 40.0 Å². The number of nitrogens with one attached hydrogen (secondary N) is 1. The maximum Gasteiger partial charge on any atom is 0.0343 e. The van der Waals surface area contributed by atoms with Crippen LogP contribution >= 0.6 is 34.4 Å². The summed E-state index contributed by atoms with van der Waals surface area (Å²) in [5, 5.41) is 3.59. The minimum Gasteiger partial charge on any atom is -0.382 e. The van der Waals surface area contributed by atoms with Gasteiger partial charge in [-0.1, -0.05) is 0 Å². The molecule has 3 heteroatoms. The maximum absolute atomic E-state index is 3.59. The van der Waals surface area contributed by atoms with Crippen LogP contribution in [0.2, 0.25) is 0 Å². The third kappa shape index (κ3) is 3.05. The van der Waals surface area contributed by atoms with Crippen LogP contribution in [0, 0.1) is 3.57 Å². The van der Waals surface area contributed by atoms with Crippen molar-refractivity contribution in [1.29, 1.82) is 0 Å². The summed E-state index contributed by atoms with van der Waals surface area (Å²) in [6, 6.07) is 9.34. The number of benzene rings is 1. The van der Waals surface area contributed by atoms with Crippen LogP contribution in [-0.2, 0) is 0 Å². The molecule has 0 spiro atoms. The largest absolute Gasteiger partial charge is 0.382 e. The summed E-state index contributed by atoms with van der Waals surface area (Å²) in [5.74, 6) is 2.62. The first kappa shape index (κ1) is 10.6. The first-order valence-corrected chi connectivity index (χ1v) is 7.18. The number of halogens is 1. The Labute approximate surface area is 103 Å². The van der Waals surface area contributed by atoms with Crippen molar-refractivity contribution in [1.82, 2.24) is 0 Å². The smallest absolute Gasteiger partial charge is 0.0343 e. The first-order valence-electron chi connectivity index (χ1n) is 4.94. The van der Waals surface area contributed by atoms with Gasteiger partial charge in [0, 0.05) is 15.3 Å². The van der Waals surface area contributed by atoms with Crippen molar-refractivity contribution in [3.8, 4) is 0 Å². The van der Waals surface area contributed by atoms with Gasteiger partial charge in [0.15, 0.2) is 0 Å². The highest BCUT2D eigenvalue weighted by Gasteiger charge is 2.12. The average molecular weight is 319 g/mol. The van der Waals surface area contributed by atoms with E-state index >= 15 is 0 Å². The Morgan fingerprint density at radius 3 is 2.43 bits per heavy atom. The normalized spacial score (nSPS) is 18.1. The van der Waals surface area contributed by atoms with E-state index in [2.05, 4.69) is 63.9 Å². The van der Waals surface area contributed by atoms with E-state index in [1.165, 1.54) is 33.6 Å². The molecule has 1 nitrogen and oxygen atoms in total. The molecule has 0 aromatic heterocycles. The zero-order valence-electron chi connectivity index (χ0n) is 8.00. The van der Waals surface area contributed by atoms with Crippen LogP contribution in [0.1, 0.15) is 12.8 Å². The van der Waals surface area contributed by atoms with Crippen molar-refractivity contribution in [2.45, 2.75) is 18.9 Å². The summed E-state index contributed by atoms with van der Waals surface area (Å²) in [6.45, 7) is 0. The molecule has 0 atom stereocenters. The molecule has 2 rings (SSSR count). The van der Waals surface area contributed by atoms with Crippen molar-refractivity contribution in [3.63, 3.8) is 0 Å². The lowest BCUT2D eigenvalue weighted by Crippen LogP contribution is -2.24. The van der Waals surface area contributed by atoms with Crippen LogP contribution in [-0.4, -0.2) is 17.5 Å². The molecule has 76 valence electrons. The van der Waals surface area contributed by atoms with E-state index < -0.39 is 0 Å². The molecular weight excluding hydrogens is 305 g/mol. The molecule has 0 unspecified atom stereocenters. The molecule has 14 heavy (non-hydrogen) atoms. The van der Waals surface area contributed by atoms with E-state index in [0.717, 1.165) is 0 Å². The summed E-state index contributed by atoms with van der Waals surface area (Å²) in [6.07, 6.45) is 2.60. The second-order valence-electron chi connectivity index (χ2n) is 3.54. The second kappa shape index (κ2) is 5.26. The molecule has 1 aliphatic heterocycles. The van der Waals surface area contributed by atoms with Crippen LogP contribution in [0.3, 0.4) is 0 Å². The zero-order chi connectivity index (χ0) is 9.80. The molecule has 0 radical (unpaired) electrons. The molecular formula is C11H14INS. The van der Waals surface area contributed by atoms with Gasteiger partial charge in [0.25, 0.3) is 0 Å². The Morgan fingerprint density at radius 1 is 1.14 bits per heavy atom. The van der Waals surface area contributed by atoms with E-state index in [1.54, 1.807) is 0 Å². The van der Waals surface area contributed by atoms with Gasteiger partial charge in [0.2, 0.25) is 0 Å². The van der Waals surface area contributed by atoms with E-state index in [-0.39, 0.29) is 0 Å². The molecule has 1 N–H and O–H groups in total. The van der Waals surface area contributed by atoms with Crippen LogP contribution < -0.4 is 5.32 Å². The van der Waals surface area contributed by atoms with E-state index in [0.29, 0.717) is 6.04 Å². The molecule has 0 amide bonds. The lowest BCUT2D eigenvalue weighted by molar-refractivity contribution is 0.667. The number of anilines is 1. The Bertz CT molecular complexity index is 280. The summed E-state index contributed by atoms with van der Waals surface area (Å²) < 4.78 is 1.30. The number of rotatable bonds is 2. The Hall–Kier alpha value is 0.1000. The number of hydrogen-bond acceptors (Lipinski definition) is 2. The summed E-state index contributed by atoms with van der Waals surface area (Å²) in [5.41, 5.74) is 1.27. The molecule has 1 fully saturated rings. The van der Waals surface area contributed by atoms with E-state index in [9.17, 15) is 0 Å². The third-order valence-electron chi connectivity index (χ3n) is 2.44. The van der Waals surface area contributed by atoms with Crippen LogP contribution in [0.25, 0.3) is 0 Å². The van der Waals surface area contributed by atoms with E-state index in [1.807, 2.05) is 0 Å². The Balaban J connectivity index is 1.92. The van der Waals surface area contributed by atoms with Gasteiger partial charge in [0.05, 0.1) is 0 Å². The van der Waals surface area contributed by atoms with Gasteiger partial charge in [-0.25, -0.2) is 0 Å². The van der Waals surface area contributed by atoms with Gasteiger partial charge in [0.1, 0.15) is 0 Å². The predicted molar refractivity (Wildman–Crippen MR) is 73.1 cm³/mol. The molecule has 1 aromatic carbocycles. The molecule has 0 aliphatic carbocycles. The van der Waals surface area contributed by atoms with Crippen LogP contribution in [0.15, 0.2) is 24.3 Å². The van der Waals surface area contributed by atoms with Crippen molar-refractivity contribution in [2.75, 3.05) is 16.8 Å². The highest BCUT2D eigenvalue weighted by Crippen LogP contribution is 2.21. The molecule has 1 heterocycles. The lowest BCUT2D eigenvalue weighted by atomic mass is 10.1. The summed E-state index contributed by atoms with van der Waals surface area (Å²) in [4.78, 5) is 0. The van der Waals surface area contributed by atoms with Gasteiger partial charge in [-0.15, -0.1) is 0 Å². The molecule has 1 aromatic rings. The molecule has 0 saturated carbocycles. The van der Waals surface area contributed by atoms with Gasteiger partial charge < -0.3 is 5.32 Å². The third-order valence-corrected chi connectivity index (χ3v) is 4.20. The van der Waals surface area contributed by atoms with E-state index in [4.69, 9.17) is 0 Å². The van der Waals surface area contributed by atoms with Gasteiger partial charge in [-0.05, 0) is 71.2 Å². The first-order chi connectivity index (χ1) is 6.84. The number of thioether (sulfide) groups is 1. The highest BCUT2D eigenvalue weighted by molar-refractivity contribution is 14.1. The van der Waals surface area contributed by atoms with Gasteiger partial charge in [-0.3, -0.25) is 0 Å². The fourth-order valence-corrected chi connectivity index (χ4v) is 3.09. The Kier molecular flexibility index (Phi) is 3.99. The minimum atomic E-state index is 0.691. The lowest BCUT2D eigenvalue weighted by Gasteiger charge is -2.23. The highest BCUT2D eigenvalue weighted by atomic mass is 127.